The third-order valence-corrected chi connectivity index (χ3v) is 8.24. The van der Waals surface area contributed by atoms with E-state index in [1.165, 1.54) is 16.6 Å². The largest absolute Gasteiger partial charge is 0.343 e. The predicted molar refractivity (Wildman–Crippen MR) is 133 cm³/mol. The van der Waals surface area contributed by atoms with Crippen LogP contribution in [-0.4, -0.2) is 67.3 Å². The number of rotatable bonds is 6. The van der Waals surface area contributed by atoms with E-state index in [1.54, 1.807) is 15.9 Å². The number of carbonyl (C=O) groups excluding carboxylic acids is 1. The van der Waals surface area contributed by atoms with Crippen molar-refractivity contribution in [2.45, 2.75) is 32.0 Å². The maximum Gasteiger partial charge on any atom is 0.268 e. The molecule has 0 aliphatic carbocycles. The molecular formula is C23H26N6O2S2. The van der Waals surface area contributed by atoms with Gasteiger partial charge in [-0.05, 0) is 45.0 Å². The minimum absolute atomic E-state index is 0.0612. The molecule has 4 heterocycles. The van der Waals surface area contributed by atoms with Gasteiger partial charge >= 0.3 is 0 Å². The second-order valence-corrected chi connectivity index (χ2v) is 10.1. The Labute approximate surface area is 199 Å². The summed E-state index contributed by atoms with van der Waals surface area (Å²) in [6.45, 7) is 7.07. The van der Waals surface area contributed by atoms with Gasteiger partial charge < -0.3 is 9.80 Å². The number of aromatic nitrogens is 4. The van der Waals surface area contributed by atoms with Crippen LogP contribution in [0.1, 0.15) is 24.3 Å². The van der Waals surface area contributed by atoms with E-state index in [4.69, 9.17) is 0 Å². The summed E-state index contributed by atoms with van der Waals surface area (Å²) in [6, 6.07) is 9.57. The highest BCUT2D eigenvalue weighted by Crippen LogP contribution is 2.35. The Kier molecular flexibility index (Phi) is 5.98. The number of amides is 1. The van der Waals surface area contributed by atoms with Crippen molar-refractivity contribution in [2.24, 2.45) is 0 Å². The molecule has 1 aliphatic rings. The van der Waals surface area contributed by atoms with E-state index in [1.807, 2.05) is 53.5 Å². The van der Waals surface area contributed by atoms with Gasteiger partial charge in [-0.3, -0.25) is 9.59 Å². The highest BCUT2D eigenvalue weighted by molar-refractivity contribution is 7.99. The van der Waals surface area contributed by atoms with Crippen LogP contribution < -0.4 is 5.56 Å². The molecule has 0 saturated heterocycles. The van der Waals surface area contributed by atoms with Crippen LogP contribution in [0.5, 0.6) is 0 Å². The summed E-state index contributed by atoms with van der Waals surface area (Å²) >= 11 is 3.01. The third kappa shape index (κ3) is 3.75. The fourth-order valence-electron chi connectivity index (χ4n) is 4.38. The van der Waals surface area contributed by atoms with E-state index >= 15 is 0 Å². The van der Waals surface area contributed by atoms with Crippen molar-refractivity contribution in [3.8, 4) is 5.69 Å². The fourth-order valence-corrected chi connectivity index (χ4v) is 6.69. The second kappa shape index (κ2) is 8.92. The fraction of sp³-hybridized carbons (Fsp3) is 0.391. The topological polar surface area (TPSA) is 75.7 Å². The molecule has 0 atom stereocenters. The van der Waals surface area contributed by atoms with Gasteiger partial charge in [-0.1, -0.05) is 30.0 Å². The average Bonchev–Trinajstić information content (AvgIpc) is 3.40. The first-order valence-electron chi connectivity index (χ1n) is 11.1. The summed E-state index contributed by atoms with van der Waals surface area (Å²) in [5, 5.41) is 10.2. The zero-order valence-corrected chi connectivity index (χ0v) is 20.6. The van der Waals surface area contributed by atoms with Gasteiger partial charge in [0.25, 0.3) is 5.56 Å². The molecule has 33 heavy (non-hydrogen) atoms. The van der Waals surface area contributed by atoms with Crippen molar-refractivity contribution in [3.05, 3.63) is 51.1 Å². The Bertz CT molecular complexity index is 1390. The van der Waals surface area contributed by atoms with E-state index in [9.17, 15) is 9.59 Å². The molecular weight excluding hydrogens is 456 g/mol. The number of para-hydroxylation sites is 1. The minimum atomic E-state index is -0.0612. The first-order chi connectivity index (χ1) is 16.0. The van der Waals surface area contributed by atoms with Crippen LogP contribution in [0.15, 0.2) is 40.3 Å². The summed E-state index contributed by atoms with van der Waals surface area (Å²) < 4.78 is 3.61. The zero-order chi connectivity index (χ0) is 23.1. The maximum atomic E-state index is 13.8. The quantitative estimate of drug-likeness (QED) is 0.393. The molecule has 1 amide bonds. The van der Waals surface area contributed by atoms with Crippen molar-refractivity contribution in [3.63, 3.8) is 0 Å². The van der Waals surface area contributed by atoms with E-state index in [2.05, 4.69) is 22.1 Å². The first-order valence-corrected chi connectivity index (χ1v) is 12.9. The molecule has 0 unspecified atom stereocenters. The molecule has 1 aromatic carbocycles. The lowest BCUT2D eigenvalue weighted by atomic mass is 10.1. The van der Waals surface area contributed by atoms with Gasteiger partial charge in [0.05, 0.1) is 16.8 Å². The minimum Gasteiger partial charge on any atom is -0.343 e. The highest BCUT2D eigenvalue weighted by Gasteiger charge is 2.27. The summed E-state index contributed by atoms with van der Waals surface area (Å²) in [7, 11) is 2.10. The monoisotopic (exact) mass is 482 g/mol. The number of hydrogen-bond donors (Lipinski definition) is 0. The SMILES string of the molecule is CCN(CC)C(=O)CSc1nnc2n(-c3ccccc3)c(=O)c3c4c(sc3n12)CN(C)CC4. The summed E-state index contributed by atoms with van der Waals surface area (Å²) in [4.78, 5) is 32.6. The molecule has 0 spiro atoms. The second-order valence-electron chi connectivity index (χ2n) is 8.12. The molecule has 0 radical (unpaired) electrons. The lowest BCUT2D eigenvalue weighted by Crippen LogP contribution is -2.31. The number of hydrogen-bond acceptors (Lipinski definition) is 7. The molecule has 3 aromatic heterocycles. The van der Waals surface area contributed by atoms with Crippen molar-refractivity contribution < 1.29 is 4.79 Å². The number of nitrogens with zero attached hydrogens (tertiary/aromatic N) is 6. The Morgan fingerprint density at radius 1 is 1.18 bits per heavy atom. The number of likely N-dealkylation sites (N-methyl/N-ethyl adjacent to an activating group) is 1. The van der Waals surface area contributed by atoms with E-state index < -0.39 is 0 Å². The van der Waals surface area contributed by atoms with Crippen LogP contribution in [0.2, 0.25) is 0 Å². The number of fused-ring (bicyclic) bond motifs is 5. The first kappa shape index (κ1) is 22.1. The molecule has 8 nitrogen and oxygen atoms in total. The van der Waals surface area contributed by atoms with Gasteiger partial charge in [0.1, 0.15) is 4.83 Å². The normalized spacial score (nSPS) is 14.2. The van der Waals surface area contributed by atoms with Gasteiger partial charge in [0.15, 0.2) is 5.16 Å². The van der Waals surface area contributed by atoms with Gasteiger partial charge in [0.2, 0.25) is 11.7 Å². The Balaban J connectivity index is 1.72. The Morgan fingerprint density at radius 3 is 2.67 bits per heavy atom. The number of thioether (sulfide) groups is 1. The molecule has 1 aliphatic heterocycles. The Hall–Kier alpha value is -2.69. The smallest absolute Gasteiger partial charge is 0.268 e. The summed E-state index contributed by atoms with van der Waals surface area (Å²) in [6.07, 6.45) is 0.840. The molecule has 10 heteroatoms. The lowest BCUT2D eigenvalue weighted by molar-refractivity contribution is -0.127. The van der Waals surface area contributed by atoms with Gasteiger partial charge in [-0.25, -0.2) is 8.97 Å². The van der Waals surface area contributed by atoms with Crippen LogP contribution in [0.4, 0.5) is 0 Å². The summed E-state index contributed by atoms with van der Waals surface area (Å²) in [5.74, 6) is 0.826. The van der Waals surface area contributed by atoms with E-state index in [0.717, 1.165) is 41.0 Å². The average molecular weight is 483 g/mol. The maximum absolute atomic E-state index is 13.8. The number of thiophene rings is 1. The van der Waals surface area contributed by atoms with Gasteiger partial charge in [0, 0.05) is 31.1 Å². The van der Waals surface area contributed by atoms with Crippen molar-refractivity contribution >= 4 is 45.0 Å². The van der Waals surface area contributed by atoms with Crippen LogP contribution >= 0.6 is 23.1 Å². The van der Waals surface area contributed by atoms with Crippen LogP contribution in [-0.2, 0) is 17.8 Å². The number of benzene rings is 1. The van der Waals surface area contributed by atoms with Gasteiger partial charge in [-0.15, -0.1) is 21.5 Å². The molecule has 0 N–H and O–H groups in total. The Morgan fingerprint density at radius 2 is 1.94 bits per heavy atom. The molecule has 0 fully saturated rings. The number of carbonyl (C=O) groups is 1. The summed E-state index contributed by atoms with van der Waals surface area (Å²) in [5.41, 5.74) is 1.83. The zero-order valence-electron chi connectivity index (χ0n) is 18.9. The standard InChI is InChI=1S/C23H26N6O2S2/c1-4-27(5-2)18(30)14-32-23-25-24-22-28(15-9-7-6-8-10-15)20(31)19-16-11-12-26(3)13-17(16)33-21(19)29(22)23/h6-10H,4-5,11-14H2,1-3H3. The highest BCUT2D eigenvalue weighted by atomic mass is 32.2. The molecule has 4 aromatic rings. The van der Waals surface area contributed by atoms with Crippen molar-refractivity contribution in [1.29, 1.82) is 0 Å². The van der Waals surface area contributed by atoms with Crippen LogP contribution in [0.3, 0.4) is 0 Å². The molecule has 5 rings (SSSR count). The van der Waals surface area contributed by atoms with Crippen molar-refractivity contribution in [1.82, 2.24) is 29.0 Å². The van der Waals surface area contributed by atoms with E-state index in [0.29, 0.717) is 24.0 Å². The predicted octanol–water partition coefficient (Wildman–Crippen LogP) is 3.04. The van der Waals surface area contributed by atoms with Crippen LogP contribution in [0, 0.1) is 0 Å². The van der Waals surface area contributed by atoms with Gasteiger partial charge in [-0.2, -0.15) is 0 Å². The van der Waals surface area contributed by atoms with Crippen LogP contribution in [0.25, 0.3) is 21.7 Å². The molecule has 0 bridgehead atoms. The van der Waals surface area contributed by atoms with E-state index in [-0.39, 0.29) is 17.2 Å². The third-order valence-electron chi connectivity index (χ3n) is 6.12. The lowest BCUT2D eigenvalue weighted by Gasteiger charge is -2.21. The molecule has 0 saturated carbocycles. The molecule has 172 valence electrons. The van der Waals surface area contributed by atoms with Crippen molar-refractivity contribution in [2.75, 3.05) is 32.4 Å².